The number of rotatable bonds is 3. The molecule has 0 bridgehead atoms. The average molecular weight is 417 g/mol. The first kappa shape index (κ1) is 18.6. The van der Waals surface area contributed by atoms with E-state index in [4.69, 9.17) is 16.3 Å². The Morgan fingerprint density at radius 2 is 2.04 bits per heavy atom. The van der Waals surface area contributed by atoms with Crippen LogP contribution in [0.15, 0.2) is 34.9 Å². The lowest BCUT2D eigenvalue weighted by Gasteiger charge is -2.26. The Hall–Kier alpha value is -1.73. The topological polar surface area (TPSA) is 55.3 Å². The van der Waals surface area contributed by atoms with Gasteiger partial charge in [-0.2, -0.15) is 4.39 Å². The Kier molecular flexibility index (Phi) is 5.77. The maximum absolute atomic E-state index is 13.8. The number of hydrogen-bond donors (Lipinski definition) is 0. The van der Waals surface area contributed by atoms with Crippen LogP contribution in [0.25, 0.3) is 0 Å². The minimum absolute atomic E-state index is 0.0696. The van der Waals surface area contributed by atoms with E-state index in [1.807, 2.05) is 0 Å². The zero-order valence-electron chi connectivity index (χ0n) is 13.4. The van der Waals surface area contributed by atoms with E-state index < -0.39 is 17.6 Å². The zero-order valence-corrected chi connectivity index (χ0v) is 15.7. The van der Waals surface area contributed by atoms with Gasteiger partial charge in [0.25, 0.3) is 0 Å². The van der Waals surface area contributed by atoms with Gasteiger partial charge in [-0.3, -0.25) is 9.88 Å². The van der Waals surface area contributed by atoms with Crippen LogP contribution in [0.1, 0.15) is 26.5 Å². The lowest BCUT2D eigenvalue weighted by atomic mass is 10.2. The van der Waals surface area contributed by atoms with Gasteiger partial charge < -0.3 is 4.74 Å². The highest BCUT2D eigenvalue weighted by molar-refractivity contribution is 9.10. The van der Waals surface area contributed by atoms with Crippen molar-refractivity contribution >= 4 is 39.4 Å². The number of nitrogens with zero attached hydrogens (tertiary/aromatic N) is 3. The number of amides is 1. The quantitative estimate of drug-likeness (QED) is 0.663. The number of aromatic nitrogens is 2. The maximum Gasteiger partial charge on any atom is 0.416 e. The van der Waals surface area contributed by atoms with Crippen molar-refractivity contribution in [2.75, 3.05) is 4.90 Å². The number of carbonyl (C=O) groups excluding carboxylic acids is 1. The number of anilines is 1. The molecule has 0 aliphatic rings. The van der Waals surface area contributed by atoms with E-state index in [1.165, 1.54) is 23.2 Å². The molecule has 24 heavy (non-hydrogen) atoms. The molecule has 2 heterocycles. The molecule has 2 rings (SSSR count). The van der Waals surface area contributed by atoms with Crippen molar-refractivity contribution in [3.8, 4) is 0 Å². The number of carbonyl (C=O) groups is 1. The van der Waals surface area contributed by atoms with Crippen LogP contribution in [0.4, 0.5) is 15.0 Å². The summed E-state index contributed by atoms with van der Waals surface area (Å²) in [6, 6.07) is 6.33. The Balaban J connectivity index is 2.34. The molecule has 0 fully saturated rings. The molecule has 0 spiro atoms. The standard InChI is InChI=1S/C16H16BrClFN3O2/c1-16(2,3)24-15(23)22(9-11-5-4-10(18)8-20-11)13-7-6-12(17)14(19)21-13/h4-8H,9H2,1-3H3. The lowest BCUT2D eigenvalue weighted by Crippen LogP contribution is -2.37. The minimum Gasteiger partial charge on any atom is -0.443 e. The fourth-order valence-electron chi connectivity index (χ4n) is 1.78. The fraction of sp³-hybridized carbons (Fsp3) is 0.312. The van der Waals surface area contributed by atoms with Gasteiger partial charge in [-0.1, -0.05) is 11.6 Å². The highest BCUT2D eigenvalue weighted by Crippen LogP contribution is 2.22. The number of hydrogen-bond acceptors (Lipinski definition) is 4. The summed E-state index contributed by atoms with van der Waals surface area (Å²) in [5.41, 5.74) is -0.133. The normalized spacial score (nSPS) is 11.2. The molecule has 0 N–H and O–H groups in total. The summed E-state index contributed by atoms with van der Waals surface area (Å²) in [7, 11) is 0. The first-order valence-corrected chi connectivity index (χ1v) is 8.26. The van der Waals surface area contributed by atoms with Crippen LogP contribution in [0.2, 0.25) is 5.02 Å². The van der Waals surface area contributed by atoms with Crippen LogP contribution in [-0.4, -0.2) is 21.7 Å². The van der Waals surface area contributed by atoms with Crippen molar-refractivity contribution in [1.29, 1.82) is 0 Å². The van der Waals surface area contributed by atoms with Gasteiger partial charge in [0.15, 0.2) is 0 Å². The van der Waals surface area contributed by atoms with Crippen LogP contribution >= 0.6 is 27.5 Å². The summed E-state index contributed by atoms with van der Waals surface area (Å²) in [5.74, 6) is -0.591. The molecule has 1 amide bonds. The van der Waals surface area contributed by atoms with Gasteiger partial charge in [0, 0.05) is 6.20 Å². The zero-order chi connectivity index (χ0) is 17.9. The van der Waals surface area contributed by atoms with Crippen LogP contribution in [0, 0.1) is 5.95 Å². The van der Waals surface area contributed by atoms with E-state index in [-0.39, 0.29) is 16.8 Å². The Bertz CT molecular complexity index is 735. The summed E-state index contributed by atoms with van der Waals surface area (Å²) in [6.45, 7) is 5.32. The van der Waals surface area contributed by atoms with Crippen molar-refractivity contribution in [3.05, 3.63) is 51.6 Å². The summed E-state index contributed by atoms with van der Waals surface area (Å²) in [5, 5.41) is 0.482. The molecule has 0 aliphatic carbocycles. The summed E-state index contributed by atoms with van der Waals surface area (Å²) >= 11 is 8.86. The van der Waals surface area contributed by atoms with E-state index in [0.717, 1.165) is 0 Å². The van der Waals surface area contributed by atoms with Crippen molar-refractivity contribution in [2.24, 2.45) is 0 Å². The van der Waals surface area contributed by atoms with Gasteiger partial charge >= 0.3 is 6.09 Å². The average Bonchev–Trinajstić information content (AvgIpc) is 2.48. The molecular weight excluding hydrogens is 401 g/mol. The summed E-state index contributed by atoms with van der Waals surface area (Å²) < 4.78 is 19.4. The third-order valence-electron chi connectivity index (χ3n) is 2.79. The molecular formula is C16H16BrClFN3O2. The summed E-state index contributed by atoms with van der Waals surface area (Å²) in [4.78, 5) is 21.7. The van der Waals surface area contributed by atoms with E-state index >= 15 is 0 Å². The van der Waals surface area contributed by atoms with Gasteiger partial charge in [0.2, 0.25) is 5.95 Å². The third kappa shape index (κ3) is 5.14. The lowest BCUT2D eigenvalue weighted by molar-refractivity contribution is 0.0575. The molecule has 0 aromatic carbocycles. The Morgan fingerprint density at radius 3 is 2.58 bits per heavy atom. The molecule has 0 unspecified atom stereocenters. The van der Waals surface area contributed by atoms with Gasteiger partial charge in [-0.25, -0.2) is 9.78 Å². The molecule has 0 radical (unpaired) electrons. The second-order valence-electron chi connectivity index (χ2n) is 5.98. The molecule has 2 aromatic rings. The molecule has 0 aliphatic heterocycles. The molecule has 0 atom stereocenters. The van der Waals surface area contributed by atoms with Gasteiger partial charge in [0.05, 0.1) is 21.7 Å². The predicted molar refractivity (Wildman–Crippen MR) is 93.6 cm³/mol. The fourth-order valence-corrected chi connectivity index (χ4v) is 2.11. The highest BCUT2D eigenvalue weighted by Gasteiger charge is 2.25. The van der Waals surface area contributed by atoms with Crippen molar-refractivity contribution < 1.29 is 13.9 Å². The number of pyridine rings is 2. The highest BCUT2D eigenvalue weighted by atomic mass is 79.9. The van der Waals surface area contributed by atoms with Crippen LogP contribution in [0.3, 0.4) is 0 Å². The monoisotopic (exact) mass is 415 g/mol. The van der Waals surface area contributed by atoms with Crippen LogP contribution in [-0.2, 0) is 11.3 Å². The molecule has 8 heteroatoms. The van der Waals surface area contributed by atoms with Crippen LogP contribution < -0.4 is 4.90 Å². The molecule has 0 saturated carbocycles. The smallest absolute Gasteiger partial charge is 0.416 e. The number of halogens is 3. The van der Waals surface area contributed by atoms with Crippen LogP contribution in [0.5, 0.6) is 0 Å². The molecule has 2 aromatic heterocycles. The molecule has 5 nitrogen and oxygen atoms in total. The second-order valence-corrected chi connectivity index (χ2v) is 7.27. The van der Waals surface area contributed by atoms with Gasteiger partial charge in [-0.05, 0) is 61.0 Å². The summed E-state index contributed by atoms with van der Waals surface area (Å²) in [6.07, 6.45) is 0.827. The first-order chi connectivity index (χ1) is 11.2. The van der Waals surface area contributed by atoms with E-state index in [1.54, 1.807) is 32.9 Å². The second kappa shape index (κ2) is 7.44. The van der Waals surface area contributed by atoms with E-state index in [2.05, 4.69) is 25.9 Å². The maximum atomic E-state index is 13.8. The Morgan fingerprint density at radius 1 is 1.33 bits per heavy atom. The largest absolute Gasteiger partial charge is 0.443 e. The predicted octanol–water partition coefficient (Wildman–Crippen LogP) is 4.97. The number of ether oxygens (including phenoxy) is 1. The molecule has 128 valence electrons. The minimum atomic E-state index is -0.717. The van der Waals surface area contributed by atoms with Crippen molar-refractivity contribution in [3.63, 3.8) is 0 Å². The van der Waals surface area contributed by atoms with E-state index in [0.29, 0.717) is 10.7 Å². The van der Waals surface area contributed by atoms with Crippen molar-refractivity contribution in [2.45, 2.75) is 32.9 Å². The first-order valence-electron chi connectivity index (χ1n) is 7.09. The molecule has 0 saturated heterocycles. The Labute approximate surface area is 152 Å². The van der Waals surface area contributed by atoms with Gasteiger partial charge in [0.1, 0.15) is 11.4 Å². The van der Waals surface area contributed by atoms with Gasteiger partial charge in [-0.15, -0.1) is 0 Å². The van der Waals surface area contributed by atoms with E-state index in [9.17, 15) is 9.18 Å². The van der Waals surface area contributed by atoms with Crippen molar-refractivity contribution in [1.82, 2.24) is 9.97 Å². The third-order valence-corrected chi connectivity index (χ3v) is 3.60. The SMILES string of the molecule is CC(C)(C)OC(=O)N(Cc1ccc(Cl)cn1)c1ccc(Br)c(F)n1.